The van der Waals surface area contributed by atoms with Crippen molar-refractivity contribution in [3.63, 3.8) is 0 Å². The molecule has 1 N–H and O–H groups in total. The van der Waals surface area contributed by atoms with Gasteiger partial charge in [-0.25, -0.2) is 4.98 Å². The number of ether oxygens (including phenoxy) is 1. The number of aliphatic hydroxyl groups excluding tert-OH is 1. The number of rotatable bonds is 9. The number of nitrogens with zero attached hydrogens (tertiary/aromatic N) is 5. The van der Waals surface area contributed by atoms with E-state index in [0.717, 1.165) is 16.8 Å². The maximum absolute atomic E-state index is 9.01. The molecule has 174 valence electrons. The second-order valence-electron chi connectivity index (χ2n) is 7.94. The van der Waals surface area contributed by atoms with Gasteiger partial charge in [0.2, 0.25) is 0 Å². The summed E-state index contributed by atoms with van der Waals surface area (Å²) in [5.74, 6) is 1.22. The third-order valence-corrected chi connectivity index (χ3v) is 5.31. The number of hydrogen-bond donors (Lipinski definition) is 1. The molecular formula is C26H27N5O3. The first kappa shape index (κ1) is 23.1. The second kappa shape index (κ2) is 10.3. The van der Waals surface area contributed by atoms with Crippen molar-refractivity contribution in [1.29, 1.82) is 0 Å². The zero-order valence-electron chi connectivity index (χ0n) is 19.5. The number of aliphatic hydroxyl groups is 1. The minimum Gasteiger partial charge on any atom is -0.493 e. The Morgan fingerprint density at radius 2 is 1.79 bits per heavy atom. The van der Waals surface area contributed by atoms with Gasteiger partial charge in [-0.1, -0.05) is 43.0 Å². The van der Waals surface area contributed by atoms with E-state index in [1.807, 2.05) is 74.4 Å². The van der Waals surface area contributed by atoms with Gasteiger partial charge in [0, 0.05) is 38.4 Å². The molecule has 2 aromatic carbocycles. The number of hydrogen-bond acceptors (Lipinski definition) is 8. The van der Waals surface area contributed by atoms with Crippen molar-refractivity contribution in [2.45, 2.75) is 13.3 Å². The van der Waals surface area contributed by atoms with Gasteiger partial charge < -0.3 is 19.2 Å². The summed E-state index contributed by atoms with van der Waals surface area (Å²) in [5.41, 5.74) is 5.48. The highest BCUT2D eigenvalue weighted by molar-refractivity contribution is 5.68. The fraction of sp³-hybridized carbons (Fsp3) is 0.231. The van der Waals surface area contributed by atoms with Crippen LogP contribution in [0.5, 0.6) is 5.75 Å². The van der Waals surface area contributed by atoms with Crippen LogP contribution in [-0.2, 0) is 0 Å². The smallest absolute Gasteiger partial charge is 0.268 e. The maximum atomic E-state index is 9.01. The third kappa shape index (κ3) is 4.97. The molecule has 0 saturated heterocycles. The van der Waals surface area contributed by atoms with Crippen LogP contribution in [0.2, 0.25) is 0 Å². The molecule has 0 aliphatic carbocycles. The van der Waals surface area contributed by atoms with E-state index < -0.39 is 0 Å². The molecule has 8 heteroatoms. The third-order valence-electron chi connectivity index (χ3n) is 5.31. The van der Waals surface area contributed by atoms with Crippen molar-refractivity contribution in [1.82, 2.24) is 25.1 Å². The lowest BCUT2D eigenvalue weighted by Gasteiger charge is -2.16. The molecular weight excluding hydrogens is 430 g/mol. The highest BCUT2D eigenvalue weighted by Gasteiger charge is 2.18. The van der Waals surface area contributed by atoms with E-state index in [-0.39, 0.29) is 12.5 Å². The van der Waals surface area contributed by atoms with Crippen LogP contribution in [0.15, 0.2) is 65.7 Å². The average molecular weight is 458 g/mol. The summed E-state index contributed by atoms with van der Waals surface area (Å²) < 4.78 is 11.7. The van der Waals surface area contributed by atoms with Gasteiger partial charge in [-0.15, -0.1) is 10.2 Å². The molecule has 0 fully saturated rings. The van der Waals surface area contributed by atoms with Crippen molar-refractivity contribution in [3.05, 3.63) is 72.6 Å². The molecule has 0 bridgehead atoms. The fourth-order valence-electron chi connectivity index (χ4n) is 3.33. The Hall–Kier alpha value is -4.04. The van der Waals surface area contributed by atoms with Gasteiger partial charge in [0.15, 0.2) is 0 Å². The Bertz CT molecular complexity index is 1280. The molecule has 0 radical (unpaired) electrons. The van der Waals surface area contributed by atoms with Gasteiger partial charge in [0.25, 0.3) is 11.8 Å². The summed E-state index contributed by atoms with van der Waals surface area (Å²) in [5, 5.41) is 17.4. The van der Waals surface area contributed by atoms with E-state index >= 15 is 0 Å². The Morgan fingerprint density at radius 3 is 2.53 bits per heavy atom. The van der Waals surface area contributed by atoms with Crippen molar-refractivity contribution in [2.24, 2.45) is 0 Å². The second-order valence-corrected chi connectivity index (χ2v) is 7.94. The van der Waals surface area contributed by atoms with Crippen LogP contribution < -0.4 is 4.74 Å². The van der Waals surface area contributed by atoms with Gasteiger partial charge in [0.05, 0.1) is 29.8 Å². The lowest BCUT2D eigenvalue weighted by molar-refractivity contribution is 0.234. The Labute approximate surface area is 198 Å². The van der Waals surface area contributed by atoms with Gasteiger partial charge in [-0.05, 0) is 24.6 Å². The predicted molar refractivity (Wildman–Crippen MR) is 131 cm³/mol. The molecule has 2 aromatic heterocycles. The molecule has 34 heavy (non-hydrogen) atoms. The van der Waals surface area contributed by atoms with Gasteiger partial charge in [-0.2, -0.15) is 0 Å². The highest BCUT2D eigenvalue weighted by atomic mass is 16.5. The van der Waals surface area contributed by atoms with E-state index in [0.29, 0.717) is 47.3 Å². The minimum absolute atomic E-state index is 0.0638. The van der Waals surface area contributed by atoms with E-state index in [1.165, 1.54) is 0 Å². The van der Waals surface area contributed by atoms with Crippen molar-refractivity contribution >= 4 is 5.70 Å². The molecule has 0 atom stereocenters. The van der Waals surface area contributed by atoms with Crippen LogP contribution in [0.25, 0.3) is 40.0 Å². The SMILES string of the molecule is C=C(c1ccc(-c2cnc(C)c(-c3nnc(-c4ccccc4OCCCO)o3)n2)cc1)N(C)C. The van der Waals surface area contributed by atoms with E-state index in [2.05, 4.69) is 21.8 Å². The van der Waals surface area contributed by atoms with Crippen molar-refractivity contribution in [2.75, 3.05) is 27.3 Å². The van der Waals surface area contributed by atoms with Crippen LogP contribution >= 0.6 is 0 Å². The van der Waals surface area contributed by atoms with Crippen LogP contribution in [0, 0.1) is 6.92 Å². The monoisotopic (exact) mass is 457 g/mol. The van der Waals surface area contributed by atoms with Gasteiger partial charge in [-0.3, -0.25) is 4.98 Å². The Morgan fingerprint density at radius 1 is 1.06 bits per heavy atom. The number of benzene rings is 2. The molecule has 0 aliphatic rings. The molecule has 4 aromatic rings. The van der Waals surface area contributed by atoms with Crippen LogP contribution in [0.3, 0.4) is 0 Å². The van der Waals surface area contributed by atoms with Crippen molar-refractivity contribution < 1.29 is 14.3 Å². The predicted octanol–water partition coefficient (Wildman–Crippen LogP) is 4.46. The summed E-state index contributed by atoms with van der Waals surface area (Å²) in [6, 6.07) is 15.4. The standard InChI is InChI=1S/C26H27N5O3/c1-17-24(28-22(16-27-17)20-12-10-19(11-13-20)18(2)31(3)4)26-30-29-25(34-26)21-8-5-6-9-23(21)33-15-7-14-32/h5-6,8-13,16,32H,2,7,14-15H2,1,3-4H3. The molecule has 8 nitrogen and oxygen atoms in total. The minimum atomic E-state index is 0.0638. The lowest BCUT2D eigenvalue weighted by atomic mass is 10.1. The first-order valence-electron chi connectivity index (χ1n) is 11.0. The van der Waals surface area contributed by atoms with E-state index in [1.54, 1.807) is 6.20 Å². The summed E-state index contributed by atoms with van der Waals surface area (Å²) in [6.45, 7) is 6.40. The highest BCUT2D eigenvalue weighted by Crippen LogP contribution is 2.32. The molecule has 0 saturated carbocycles. The molecule has 0 aliphatic heterocycles. The normalized spacial score (nSPS) is 10.8. The first-order valence-corrected chi connectivity index (χ1v) is 11.0. The van der Waals surface area contributed by atoms with Crippen molar-refractivity contribution in [3.8, 4) is 40.0 Å². The quantitative estimate of drug-likeness (QED) is 0.368. The zero-order valence-corrected chi connectivity index (χ0v) is 19.5. The number of para-hydroxylation sites is 1. The first-order chi connectivity index (χ1) is 16.5. The molecule has 2 heterocycles. The van der Waals surface area contributed by atoms with Crippen LogP contribution in [0.4, 0.5) is 0 Å². The average Bonchev–Trinajstić information content (AvgIpc) is 3.34. The summed E-state index contributed by atoms with van der Waals surface area (Å²) in [6.07, 6.45) is 2.27. The number of aryl methyl sites for hydroxylation is 1. The van der Waals surface area contributed by atoms with Crippen LogP contribution in [-0.4, -0.2) is 57.5 Å². The summed E-state index contributed by atoms with van der Waals surface area (Å²) >= 11 is 0. The van der Waals surface area contributed by atoms with Gasteiger partial charge in [0.1, 0.15) is 11.4 Å². The molecule has 0 amide bonds. The summed E-state index contributed by atoms with van der Waals surface area (Å²) in [4.78, 5) is 11.2. The largest absolute Gasteiger partial charge is 0.493 e. The fourth-order valence-corrected chi connectivity index (χ4v) is 3.33. The van der Waals surface area contributed by atoms with E-state index in [4.69, 9.17) is 19.2 Å². The van der Waals surface area contributed by atoms with Gasteiger partial charge >= 0.3 is 0 Å². The molecule has 0 unspecified atom stereocenters. The Balaban J connectivity index is 1.63. The molecule has 4 rings (SSSR count). The summed E-state index contributed by atoms with van der Waals surface area (Å²) in [7, 11) is 3.93. The zero-order chi connectivity index (χ0) is 24.1. The topological polar surface area (TPSA) is 97.4 Å². The maximum Gasteiger partial charge on any atom is 0.268 e. The molecule has 0 spiro atoms. The van der Waals surface area contributed by atoms with Crippen LogP contribution in [0.1, 0.15) is 17.7 Å². The van der Waals surface area contributed by atoms with E-state index in [9.17, 15) is 0 Å². The lowest BCUT2D eigenvalue weighted by Crippen LogP contribution is -2.08. The number of aromatic nitrogens is 4. The Kier molecular flexibility index (Phi) is 6.98.